The summed E-state index contributed by atoms with van der Waals surface area (Å²) in [5.41, 5.74) is 5.70. The lowest BCUT2D eigenvalue weighted by molar-refractivity contribution is 0.0111. The average Bonchev–Trinajstić information content (AvgIpc) is 2.37. The topological polar surface area (TPSA) is 55.6 Å². The minimum absolute atomic E-state index is 0.151. The minimum Gasteiger partial charge on any atom is -0.444 e. The van der Waals surface area contributed by atoms with Gasteiger partial charge in [-0.05, 0) is 58.3 Å². The van der Waals surface area contributed by atoms with E-state index in [1.165, 1.54) is 25.7 Å². The second kappa shape index (κ2) is 6.33. The van der Waals surface area contributed by atoms with Crippen molar-refractivity contribution >= 4 is 6.09 Å². The lowest BCUT2D eigenvalue weighted by Gasteiger charge is -2.40. The molecule has 20 heavy (non-hydrogen) atoms. The summed E-state index contributed by atoms with van der Waals surface area (Å²) in [5.74, 6) is 1.31. The Balaban J connectivity index is 1.89. The van der Waals surface area contributed by atoms with Crippen molar-refractivity contribution in [3.8, 4) is 0 Å². The van der Waals surface area contributed by atoms with Gasteiger partial charge < -0.3 is 15.4 Å². The monoisotopic (exact) mass is 282 g/mol. The third-order valence-corrected chi connectivity index (χ3v) is 4.53. The highest BCUT2D eigenvalue weighted by molar-refractivity contribution is 5.68. The van der Waals surface area contributed by atoms with Gasteiger partial charge in [-0.25, -0.2) is 4.79 Å². The standard InChI is InChI=1S/C16H30N2O2/c1-16(2,3)20-15(19)18-9-5-7-13(11-18)12-6-4-8-14(17)10-12/h12-14H,4-11,17H2,1-3H3/t12-,13-,14+/m1/s1. The number of nitrogens with zero attached hydrogens (tertiary/aromatic N) is 1. The summed E-state index contributed by atoms with van der Waals surface area (Å²) < 4.78 is 5.50. The molecule has 0 bridgehead atoms. The van der Waals surface area contributed by atoms with Crippen LogP contribution in [0.15, 0.2) is 0 Å². The van der Waals surface area contributed by atoms with Crippen LogP contribution in [0, 0.1) is 11.8 Å². The summed E-state index contributed by atoms with van der Waals surface area (Å²) in [4.78, 5) is 14.1. The van der Waals surface area contributed by atoms with Crippen LogP contribution in [0.5, 0.6) is 0 Å². The number of likely N-dealkylation sites (tertiary alicyclic amines) is 1. The Bertz CT molecular complexity index is 338. The zero-order valence-corrected chi connectivity index (χ0v) is 13.2. The average molecular weight is 282 g/mol. The van der Waals surface area contributed by atoms with Gasteiger partial charge in [-0.15, -0.1) is 0 Å². The number of hydrogen-bond donors (Lipinski definition) is 1. The summed E-state index contributed by atoms with van der Waals surface area (Å²) in [6, 6.07) is 0.366. The second-order valence-corrected chi connectivity index (χ2v) is 7.52. The van der Waals surface area contributed by atoms with Crippen LogP contribution < -0.4 is 5.73 Å². The molecule has 4 nitrogen and oxygen atoms in total. The van der Waals surface area contributed by atoms with Crippen molar-refractivity contribution in [1.29, 1.82) is 0 Å². The van der Waals surface area contributed by atoms with Gasteiger partial charge in [0.05, 0.1) is 0 Å². The summed E-state index contributed by atoms with van der Waals surface area (Å²) in [7, 11) is 0. The Labute approximate surface area is 123 Å². The van der Waals surface area contributed by atoms with E-state index in [2.05, 4.69) is 0 Å². The van der Waals surface area contributed by atoms with Gasteiger partial charge in [0.15, 0.2) is 0 Å². The molecule has 4 heteroatoms. The first-order valence-electron chi connectivity index (χ1n) is 8.08. The van der Waals surface area contributed by atoms with Gasteiger partial charge in [0, 0.05) is 19.1 Å². The largest absolute Gasteiger partial charge is 0.444 e. The van der Waals surface area contributed by atoms with Crippen LogP contribution in [0.1, 0.15) is 59.3 Å². The number of hydrogen-bond acceptors (Lipinski definition) is 3. The Morgan fingerprint density at radius 3 is 2.50 bits per heavy atom. The van der Waals surface area contributed by atoms with Gasteiger partial charge in [0.1, 0.15) is 5.60 Å². The van der Waals surface area contributed by atoms with Crippen molar-refractivity contribution in [2.45, 2.75) is 70.9 Å². The summed E-state index contributed by atoms with van der Waals surface area (Å²) in [6.07, 6.45) is 7.00. The summed E-state index contributed by atoms with van der Waals surface area (Å²) >= 11 is 0. The van der Waals surface area contributed by atoms with Gasteiger partial charge in [-0.3, -0.25) is 0 Å². The van der Waals surface area contributed by atoms with E-state index in [9.17, 15) is 4.79 Å². The van der Waals surface area contributed by atoms with Crippen molar-refractivity contribution in [3.63, 3.8) is 0 Å². The highest BCUT2D eigenvalue weighted by Gasteiger charge is 2.33. The number of amides is 1. The lowest BCUT2D eigenvalue weighted by atomic mass is 9.75. The predicted molar refractivity (Wildman–Crippen MR) is 80.5 cm³/mol. The molecule has 1 aliphatic carbocycles. The van der Waals surface area contributed by atoms with Gasteiger partial charge >= 0.3 is 6.09 Å². The summed E-state index contributed by atoms with van der Waals surface area (Å²) in [6.45, 7) is 7.46. The molecule has 1 saturated heterocycles. The Morgan fingerprint density at radius 1 is 1.15 bits per heavy atom. The third kappa shape index (κ3) is 4.37. The van der Waals surface area contributed by atoms with Gasteiger partial charge in [-0.2, -0.15) is 0 Å². The number of rotatable bonds is 1. The number of ether oxygens (including phenoxy) is 1. The maximum absolute atomic E-state index is 12.2. The highest BCUT2D eigenvalue weighted by Crippen LogP contribution is 2.34. The first-order valence-corrected chi connectivity index (χ1v) is 8.08. The van der Waals surface area contributed by atoms with Gasteiger partial charge in [0.25, 0.3) is 0 Å². The molecule has 0 unspecified atom stereocenters. The Kier molecular flexibility index (Phi) is 4.95. The van der Waals surface area contributed by atoms with Crippen molar-refractivity contribution < 1.29 is 9.53 Å². The lowest BCUT2D eigenvalue weighted by Crippen LogP contribution is -2.45. The zero-order chi connectivity index (χ0) is 14.8. The van der Waals surface area contributed by atoms with Crippen molar-refractivity contribution in [2.75, 3.05) is 13.1 Å². The molecule has 1 saturated carbocycles. The molecule has 0 radical (unpaired) electrons. The maximum atomic E-state index is 12.2. The maximum Gasteiger partial charge on any atom is 0.410 e. The second-order valence-electron chi connectivity index (χ2n) is 7.52. The first-order chi connectivity index (χ1) is 9.35. The molecule has 1 heterocycles. The zero-order valence-electron chi connectivity index (χ0n) is 13.2. The molecule has 0 aromatic rings. The van der Waals surface area contributed by atoms with Gasteiger partial charge in [0.2, 0.25) is 0 Å². The SMILES string of the molecule is CC(C)(C)OC(=O)N1CCC[C@@H]([C@@H]2CCC[C@H](N)C2)C1. The molecule has 2 fully saturated rings. The fraction of sp³-hybridized carbons (Fsp3) is 0.938. The molecule has 2 rings (SSSR count). The molecular weight excluding hydrogens is 252 g/mol. The molecular formula is C16H30N2O2. The van der Waals surface area contributed by atoms with E-state index in [0.29, 0.717) is 17.9 Å². The first kappa shape index (κ1) is 15.6. The fourth-order valence-electron chi connectivity index (χ4n) is 3.58. The Hall–Kier alpha value is -0.770. The molecule has 0 spiro atoms. The molecule has 1 amide bonds. The van der Waals surface area contributed by atoms with E-state index in [1.54, 1.807) is 0 Å². The number of carbonyl (C=O) groups is 1. The van der Waals surface area contributed by atoms with Crippen LogP contribution in [0.3, 0.4) is 0 Å². The predicted octanol–water partition coefficient (Wildman–Crippen LogP) is 3.15. The molecule has 2 aliphatic rings. The number of carbonyl (C=O) groups excluding carboxylic acids is 1. The minimum atomic E-state index is -0.406. The fourth-order valence-corrected chi connectivity index (χ4v) is 3.58. The van der Waals surface area contributed by atoms with Crippen LogP contribution in [0.4, 0.5) is 4.79 Å². The number of piperidine rings is 1. The van der Waals surface area contributed by atoms with Crippen molar-refractivity contribution in [2.24, 2.45) is 17.6 Å². The smallest absolute Gasteiger partial charge is 0.410 e. The van der Waals surface area contributed by atoms with E-state index >= 15 is 0 Å². The third-order valence-electron chi connectivity index (χ3n) is 4.53. The molecule has 0 aromatic heterocycles. The van der Waals surface area contributed by atoms with E-state index in [0.717, 1.165) is 25.9 Å². The number of nitrogens with two attached hydrogens (primary N) is 1. The van der Waals surface area contributed by atoms with Crippen LogP contribution in [-0.4, -0.2) is 35.7 Å². The molecule has 1 aliphatic heterocycles. The molecule has 2 N–H and O–H groups in total. The molecule has 116 valence electrons. The van der Waals surface area contributed by atoms with E-state index < -0.39 is 5.60 Å². The van der Waals surface area contributed by atoms with Gasteiger partial charge in [-0.1, -0.05) is 12.8 Å². The van der Waals surface area contributed by atoms with E-state index in [1.807, 2.05) is 25.7 Å². The van der Waals surface area contributed by atoms with Crippen LogP contribution in [-0.2, 0) is 4.74 Å². The molecule has 3 atom stereocenters. The normalized spacial score (nSPS) is 32.0. The Morgan fingerprint density at radius 2 is 1.85 bits per heavy atom. The summed E-state index contributed by atoms with van der Waals surface area (Å²) in [5, 5.41) is 0. The van der Waals surface area contributed by atoms with Crippen molar-refractivity contribution in [1.82, 2.24) is 4.90 Å². The van der Waals surface area contributed by atoms with Crippen LogP contribution in [0.25, 0.3) is 0 Å². The quantitative estimate of drug-likeness (QED) is 0.803. The van der Waals surface area contributed by atoms with Crippen molar-refractivity contribution in [3.05, 3.63) is 0 Å². The van der Waals surface area contributed by atoms with Crippen LogP contribution in [0.2, 0.25) is 0 Å². The van der Waals surface area contributed by atoms with E-state index in [4.69, 9.17) is 10.5 Å². The highest BCUT2D eigenvalue weighted by atomic mass is 16.6. The molecule has 0 aromatic carbocycles. The van der Waals surface area contributed by atoms with Crippen LogP contribution >= 0.6 is 0 Å². The van der Waals surface area contributed by atoms with E-state index in [-0.39, 0.29) is 6.09 Å².